The van der Waals surface area contributed by atoms with Crippen molar-refractivity contribution in [3.8, 4) is 0 Å². The van der Waals surface area contributed by atoms with Crippen LogP contribution in [0.2, 0.25) is 0 Å². The van der Waals surface area contributed by atoms with E-state index in [4.69, 9.17) is 9.47 Å². The molecule has 5 heteroatoms. The van der Waals surface area contributed by atoms with Crippen molar-refractivity contribution in [2.45, 2.75) is 71.8 Å². The first-order chi connectivity index (χ1) is 9.05. The fraction of sp³-hybridized carbons (Fsp3) is 0.867. The molecule has 0 aromatic carbocycles. The number of carbonyl (C=O) groups is 2. The van der Waals surface area contributed by atoms with Crippen LogP contribution in [0, 0.1) is 5.92 Å². The molecule has 0 bridgehead atoms. The Morgan fingerprint density at radius 1 is 1.50 bits per heavy atom. The Hall–Kier alpha value is -1.10. The average molecular weight is 285 g/mol. The first kappa shape index (κ1) is 17.0. The van der Waals surface area contributed by atoms with Crippen LogP contribution in [-0.2, 0) is 14.3 Å². The van der Waals surface area contributed by atoms with Crippen LogP contribution in [0.15, 0.2) is 0 Å². The lowest BCUT2D eigenvalue weighted by Crippen LogP contribution is -2.46. The van der Waals surface area contributed by atoms with Gasteiger partial charge < -0.3 is 14.3 Å². The second-order valence-corrected chi connectivity index (χ2v) is 7.02. The molecule has 1 saturated heterocycles. The van der Waals surface area contributed by atoms with Gasteiger partial charge in [0.05, 0.1) is 12.6 Å². The fourth-order valence-corrected chi connectivity index (χ4v) is 2.38. The summed E-state index contributed by atoms with van der Waals surface area (Å²) in [6.45, 7) is 11.8. The molecule has 0 N–H and O–H groups in total. The highest BCUT2D eigenvalue weighted by molar-refractivity contribution is 5.69. The topological polar surface area (TPSA) is 55.8 Å². The van der Waals surface area contributed by atoms with E-state index in [1.807, 2.05) is 41.5 Å². The van der Waals surface area contributed by atoms with Crippen molar-refractivity contribution in [1.29, 1.82) is 0 Å². The van der Waals surface area contributed by atoms with Gasteiger partial charge in [-0.2, -0.15) is 0 Å². The van der Waals surface area contributed by atoms with Gasteiger partial charge >= 0.3 is 6.09 Å². The Kier molecular flexibility index (Phi) is 5.19. The van der Waals surface area contributed by atoms with Crippen LogP contribution in [0.25, 0.3) is 0 Å². The molecule has 0 spiro atoms. The van der Waals surface area contributed by atoms with Crippen molar-refractivity contribution in [3.05, 3.63) is 0 Å². The molecule has 1 aliphatic heterocycles. The zero-order chi connectivity index (χ0) is 15.6. The van der Waals surface area contributed by atoms with Crippen LogP contribution in [0.1, 0.15) is 54.4 Å². The van der Waals surface area contributed by atoms with Crippen molar-refractivity contribution in [2.75, 3.05) is 6.54 Å². The number of ether oxygens (including phenoxy) is 2. The smallest absolute Gasteiger partial charge is 0.412 e. The van der Waals surface area contributed by atoms with E-state index < -0.39 is 11.3 Å². The minimum Gasteiger partial charge on any atom is -0.444 e. The summed E-state index contributed by atoms with van der Waals surface area (Å²) in [6.07, 6.45) is 1.81. The van der Waals surface area contributed by atoms with E-state index in [9.17, 15) is 9.59 Å². The summed E-state index contributed by atoms with van der Waals surface area (Å²) in [5.74, 6) is 0.256. The Labute approximate surface area is 121 Å². The lowest BCUT2D eigenvalue weighted by atomic mass is 10.0. The molecule has 0 unspecified atom stereocenters. The van der Waals surface area contributed by atoms with Crippen LogP contribution in [-0.4, -0.2) is 41.3 Å². The third kappa shape index (κ3) is 4.78. The molecule has 20 heavy (non-hydrogen) atoms. The van der Waals surface area contributed by atoms with E-state index in [0.717, 1.165) is 12.7 Å². The summed E-state index contributed by atoms with van der Waals surface area (Å²) in [6, 6.07) is 0. The number of aldehydes is 1. The molecular formula is C15H27NO4. The molecule has 1 fully saturated rings. The van der Waals surface area contributed by atoms with Crippen molar-refractivity contribution in [3.63, 3.8) is 0 Å². The Bertz CT molecular complexity index is 359. The number of rotatable bonds is 4. The van der Waals surface area contributed by atoms with Gasteiger partial charge in [-0.15, -0.1) is 0 Å². The predicted octanol–water partition coefficient (Wildman–Crippen LogP) is 2.97. The molecular weight excluding hydrogens is 258 g/mol. The fourth-order valence-electron chi connectivity index (χ4n) is 2.38. The van der Waals surface area contributed by atoms with E-state index in [-0.39, 0.29) is 18.1 Å². The van der Waals surface area contributed by atoms with Crippen LogP contribution in [0.3, 0.4) is 0 Å². The van der Waals surface area contributed by atoms with E-state index in [1.54, 1.807) is 4.90 Å². The van der Waals surface area contributed by atoms with Gasteiger partial charge in [0.15, 0.2) is 0 Å². The van der Waals surface area contributed by atoms with Gasteiger partial charge in [-0.1, -0.05) is 6.92 Å². The van der Waals surface area contributed by atoms with E-state index in [2.05, 4.69) is 0 Å². The highest BCUT2D eigenvalue weighted by atomic mass is 16.6. The third-order valence-electron chi connectivity index (χ3n) is 3.27. The lowest BCUT2D eigenvalue weighted by molar-refractivity contribution is -0.108. The first-order valence-corrected chi connectivity index (χ1v) is 7.17. The van der Waals surface area contributed by atoms with E-state index in [1.165, 1.54) is 0 Å². The largest absolute Gasteiger partial charge is 0.444 e. The molecule has 5 nitrogen and oxygen atoms in total. The Morgan fingerprint density at radius 3 is 2.60 bits per heavy atom. The van der Waals surface area contributed by atoms with Gasteiger partial charge in [-0.05, 0) is 47.0 Å². The van der Waals surface area contributed by atoms with Crippen LogP contribution in [0.5, 0.6) is 0 Å². The standard InChI is InChI=1S/C15H27NO4/c1-11(7-8-17)9-12-10-16(15(5,6)19-12)13(18)20-14(2,3)4/h8,11-12H,7,9-10H2,1-6H3/t11-,12+/m0/s1. The van der Waals surface area contributed by atoms with Crippen LogP contribution < -0.4 is 0 Å². The predicted molar refractivity (Wildman–Crippen MR) is 76.4 cm³/mol. The zero-order valence-corrected chi connectivity index (χ0v) is 13.4. The van der Waals surface area contributed by atoms with Gasteiger partial charge in [-0.25, -0.2) is 4.79 Å². The van der Waals surface area contributed by atoms with Crippen molar-refractivity contribution in [2.24, 2.45) is 5.92 Å². The zero-order valence-electron chi connectivity index (χ0n) is 13.4. The molecule has 1 amide bonds. The first-order valence-electron chi connectivity index (χ1n) is 7.17. The molecule has 0 aliphatic carbocycles. The highest BCUT2D eigenvalue weighted by Crippen LogP contribution is 2.31. The quantitative estimate of drug-likeness (QED) is 0.745. The molecule has 2 atom stereocenters. The number of nitrogens with zero attached hydrogens (tertiary/aromatic N) is 1. The third-order valence-corrected chi connectivity index (χ3v) is 3.27. The van der Waals surface area contributed by atoms with Crippen LogP contribution >= 0.6 is 0 Å². The van der Waals surface area contributed by atoms with Gasteiger partial charge in [0.25, 0.3) is 0 Å². The normalized spacial score (nSPS) is 23.5. The summed E-state index contributed by atoms with van der Waals surface area (Å²) in [7, 11) is 0. The molecule has 0 aromatic heterocycles. The summed E-state index contributed by atoms with van der Waals surface area (Å²) < 4.78 is 11.3. The second kappa shape index (κ2) is 6.12. The Morgan fingerprint density at radius 2 is 2.10 bits per heavy atom. The van der Waals surface area contributed by atoms with Gasteiger partial charge in [0, 0.05) is 6.42 Å². The second-order valence-electron chi connectivity index (χ2n) is 7.02. The minimum absolute atomic E-state index is 0.0486. The maximum Gasteiger partial charge on any atom is 0.412 e. The van der Waals surface area contributed by atoms with Gasteiger partial charge in [0.2, 0.25) is 0 Å². The number of hydrogen-bond acceptors (Lipinski definition) is 4. The lowest BCUT2D eigenvalue weighted by Gasteiger charge is -2.31. The summed E-state index contributed by atoms with van der Waals surface area (Å²) in [4.78, 5) is 24.3. The summed E-state index contributed by atoms with van der Waals surface area (Å²) in [5.41, 5.74) is -1.19. The number of hydrogen-bond donors (Lipinski definition) is 0. The minimum atomic E-state index is -0.673. The maximum absolute atomic E-state index is 12.2. The van der Waals surface area contributed by atoms with Crippen molar-refractivity contribution < 1.29 is 19.1 Å². The molecule has 0 saturated carbocycles. The Balaban J connectivity index is 2.65. The maximum atomic E-state index is 12.2. The summed E-state index contributed by atoms with van der Waals surface area (Å²) >= 11 is 0. The number of amides is 1. The monoisotopic (exact) mass is 285 g/mol. The summed E-state index contributed by atoms with van der Waals surface area (Å²) in [5, 5.41) is 0. The molecule has 0 radical (unpaired) electrons. The van der Waals surface area contributed by atoms with E-state index >= 15 is 0 Å². The molecule has 1 aliphatic rings. The van der Waals surface area contributed by atoms with Crippen molar-refractivity contribution >= 4 is 12.4 Å². The number of carbonyl (C=O) groups excluding carboxylic acids is 2. The van der Waals surface area contributed by atoms with Crippen molar-refractivity contribution in [1.82, 2.24) is 4.90 Å². The van der Waals surface area contributed by atoms with Gasteiger partial charge in [-0.3, -0.25) is 4.90 Å². The molecule has 116 valence electrons. The van der Waals surface area contributed by atoms with Gasteiger partial charge in [0.1, 0.15) is 17.6 Å². The average Bonchev–Trinajstić information content (AvgIpc) is 2.50. The molecule has 1 rings (SSSR count). The molecule has 0 aromatic rings. The molecule has 1 heterocycles. The SMILES string of the molecule is C[C@@H](CC=O)C[C@@H]1CN(C(=O)OC(C)(C)C)C(C)(C)O1. The van der Waals surface area contributed by atoms with Crippen LogP contribution in [0.4, 0.5) is 4.79 Å². The highest BCUT2D eigenvalue weighted by Gasteiger charge is 2.44. The van der Waals surface area contributed by atoms with E-state index in [0.29, 0.717) is 13.0 Å².